The Hall–Kier alpha value is -1.53. The average Bonchev–Trinajstić information content (AvgIpc) is 2.33. The van der Waals surface area contributed by atoms with E-state index in [1.54, 1.807) is 7.11 Å². The van der Waals surface area contributed by atoms with Crippen molar-refractivity contribution in [1.29, 1.82) is 5.26 Å². The lowest BCUT2D eigenvalue weighted by atomic mass is 9.85. The molecule has 1 N–H and O–H groups in total. The van der Waals surface area contributed by atoms with Crippen molar-refractivity contribution < 1.29 is 4.74 Å². The summed E-state index contributed by atoms with van der Waals surface area (Å²) in [4.78, 5) is 0. The summed E-state index contributed by atoms with van der Waals surface area (Å²) in [6, 6.07) is 8.38. The van der Waals surface area contributed by atoms with Crippen LogP contribution in [0.2, 0.25) is 0 Å². The Morgan fingerprint density at radius 1 is 1.33 bits per heavy atom. The van der Waals surface area contributed by atoms with Gasteiger partial charge >= 0.3 is 0 Å². The van der Waals surface area contributed by atoms with Gasteiger partial charge in [0.25, 0.3) is 0 Å². The fourth-order valence-electron chi connectivity index (χ4n) is 1.83. The number of nitrogens with zero attached hydrogens (tertiary/aromatic N) is 1. The van der Waals surface area contributed by atoms with Crippen LogP contribution >= 0.6 is 0 Å². The second kappa shape index (κ2) is 6.42. The predicted molar refractivity (Wildman–Crippen MR) is 73.6 cm³/mol. The molecule has 0 saturated carbocycles. The Kier molecular flexibility index (Phi) is 5.18. The number of methoxy groups -OCH3 is 1. The molecule has 0 unspecified atom stereocenters. The van der Waals surface area contributed by atoms with Gasteiger partial charge in [0.1, 0.15) is 5.75 Å². The van der Waals surface area contributed by atoms with Crippen LogP contribution in [0.15, 0.2) is 18.2 Å². The largest absolute Gasteiger partial charge is 0.496 e. The number of benzene rings is 1. The third-order valence-corrected chi connectivity index (χ3v) is 2.81. The van der Waals surface area contributed by atoms with Crippen molar-refractivity contribution in [2.75, 3.05) is 13.7 Å². The SMILES string of the molecule is COc1ccc(CNCCC#N)cc1C(C)(C)C. The lowest BCUT2D eigenvalue weighted by Gasteiger charge is -2.23. The van der Waals surface area contributed by atoms with Crippen LogP contribution in [-0.2, 0) is 12.0 Å². The van der Waals surface area contributed by atoms with Gasteiger partial charge in [0, 0.05) is 19.5 Å². The first kappa shape index (κ1) is 14.5. The van der Waals surface area contributed by atoms with Crippen molar-refractivity contribution in [1.82, 2.24) is 5.32 Å². The number of hydrogen-bond acceptors (Lipinski definition) is 3. The Morgan fingerprint density at radius 3 is 2.61 bits per heavy atom. The average molecular weight is 246 g/mol. The van der Waals surface area contributed by atoms with E-state index in [1.807, 2.05) is 6.07 Å². The van der Waals surface area contributed by atoms with Gasteiger partial charge in [-0.05, 0) is 22.6 Å². The second-order valence-electron chi connectivity index (χ2n) is 5.37. The fraction of sp³-hybridized carbons (Fsp3) is 0.533. The van der Waals surface area contributed by atoms with Crippen LogP contribution in [0.5, 0.6) is 5.75 Å². The first-order valence-electron chi connectivity index (χ1n) is 6.24. The summed E-state index contributed by atoms with van der Waals surface area (Å²) in [5, 5.41) is 11.7. The van der Waals surface area contributed by atoms with E-state index in [4.69, 9.17) is 10.00 Å². The minimum absolute atomic E-state index is 0.0635. The zero-order valence-electron chi connectivity index (χ0n) is 11.7. The molecular weight excluding hydrogens is 224 g/mol. The smallest absolute Gasteiger partial charge is 0.122 e. The van der Waals surface area contributed by atoms with Crippen molar-refractivity contribution in [2.45, 2.75) is 39.2 Å². The van der Waals surface area contributed by atoms with Gasteiger partial charge in [-0.15, -0.1) is 0 Å². The molecule has 1 rings (SSSR count). The van der Waals surface area contributed by atoms with Crippen LogP contribution in [0.3, 0.4) is 0 Å². The van der Waals surface area contributed by atoms with Crippen LogP contribution < -0.4 is 10.1 Å². The highest BCUT2D eigenvalue weighted by atomic mass is 16.5. The van der Waals surface area contributed by atoms with Crippen LogP contribution in [0.4, 0.5) is 0 Å². The van der Waals surface area contributed by atoms with Crippen LogP contribution in [0.1, 0.15) is 38.3 Å². The van der Waals surface area contributed by atoms with Gasteiger partial charge in [0.05, 0.1) is 13.2 Å². The second-order valence-corrected chi connectivity index (χ2v) is 5.37. The molecule has 0 radical (unpaired) electrons. The maximum atomic E-state index is 8.48. The van der Waals surface area contributed by atoms with Crippen LogP contribution in [0.25, 0.3) is 0 Å². The lowest BCUT2D eigenvalue weighted by Crippen LogP contribution is -2.17. The van der Waals surface area contributed by atoms with E-state index in [0.717, 1.165) is 18.8 Å². The first-order chi connectivity index (χ1) is 8.49. The molecule has 1 aromatic rings. The molecule has 0 fully saturated rings. The van der Waals surface area contributed by atoms with Crippen LogP contribution in [-0.4, -0.2) is 13.7 Å². The molecule has 3 nitrogen and oxygen atoms in total. The van der Waals surface area contributed by atoms with E-state index in [2.05, 4.69) is 44.3 Å². The molecule has 0 bridgehead atoms. The summed E-state index contributed by atoms with van der Waals surface area (Å²) in [7, 11) is 1.70. The van der Waals surface area contributed by atoms with E-state index in [-0.39, 0.29) is 5.41 Å². The van der Waals surface area contributed by atoms with Crippen molar-refractivity contribution >= 4 is 0 Å². The van der Waals surface area contributed by atoms with Gasteiger partial charge in [0.2, 0.25) is 0 Å². The van der Waals surface area contributed by atoms with Crippen molar-refractivity contribution in [3.63, 3.8) is 0 Å². The summed E-state index contributed by atoms with van der Waals surface area (Å²) in [6.07, 6.45) is 0.544. The summed E-state index contributed by atoms with van der Waals surface area (Å²) >= 11 is 0. The molecular formula is C15H22N2O. The van der Waals surface area contributed by atoms with Gasteiger partial charge in [-0.25, -0.2) is 0 Å². The summed E-state index contributed by atoms with van der Waals surface area (Å²) in [5.41, 5.74) is 2.50. The van der Waals surface area contributed by atoms with E-state index in [9.17, 15) is 0 Å². The predicted octanol–water partition coefficient (Wildman–Crippen LogP) is 3.00. The topological polar surface area (TPSA) is 45.0 Å². The maximum absolute atomic E-state index is 8.48. The molecule has 3 heteroatoms. The number of rotatable bonds is 5. The Labute approximate surface area is 110 Å². The molecule has 18 heavy (non-hydrogen) atoms. The number of hydrogen-bond donors (Lipinski definition) is 1. The summed E-state index contributed by atoms with van der Waals surface area (Å²) < 4.78 is 5.41. The molecule has 0 spiro atoms. The molecule has 0 amide bonds. The normalized spacial score (nSPS) is 11.1. The molecule has 0 aliphatic carbocycles. The van der Waals surface area contributed by atoms with Gasteiger partial charge in [-0.2, -0.15) is 5.26 Å². The number of nitrogens with one attached hydrogen (secondary N) is 1. The minimum atomic E-state index is 0.0635. The summed E-state index contributed by atoms with van der Waals surface area (Å²) in [5.74, 6) is 0.934. The molecule has 0 aliphatic heterocycles. The number of nitriles is 1. The third kappa shape index (κ3) is 4.05. The first-order valence-corrected chi connectivity index (χ1v) is 6.24. The Morgan fingerprint density at radius 2 is 2.06 bits per heavy atom. The Balaban J connectivity index is 2.81. The van der Waals surface area contributed by atoms with Gasteiger partial charge in [-0.3, -0.25) is 0 Å². The molecule has 0 aromatic heterocycles. The zero-order chi connectivity index (χ0) is 13.6. The highest BCUT2D eigenvalue weighted by Gasteiger charge is 2.18. The van der Waals surface area contributed by atoms with Crippen LogP contribution in [0, 0.1) is 11.3 Å². The standard InChI is InChI=1S/C15H22N2O/c1-15(2,3)13-10-12(6-7-14(13)18-4)11-17-9-5-8-16/h6-7,10,17H,5,9,11H2,1-4H3. The maximum Gasteiger partial charge on any atom is 0.122 e. The van der Waals surface area contributed by atoms with Crippen molar-refractivity contribution in [2.24, 2.45) is 0 Å². The Bertz CT molecular complexity index is 427. The molecule has 1 aromatic carbocycles. The van der Waals surface area contributed by atoms with Crippen molar-refractivity contribution in [3.8, 4) is 11.8 Å². The molecule has 98 valence electrons. The summed E-state index contributed by atoms with van der Waals surface area (Å²) in [6.45, 7) is 8.05. The highest BCUT2D eigenvalue weighted by molar-refractivity contribution is 5.41. The minimum Gasteiger partial charge on any atom is -0.496 e. The zero-order valence-corrected chi connectivity index (χ0v) is 11.7. The van der Waals surface area contributed by atoms with E-state index >= 15 is 0 Å². The van der Waals surface area contributed by atoms with E-state index in [1.165, 1.54) is 11.1 Å². The monoisotopic (exact) mass is 246 g/mol. The molecule has 0 aliphatic rings. The molecule has 0 atom stereocenters. The lowest BCUT2D eigenvalue weighted by molar-refractivity contribution is 0.397. The van der Waals surface area contributed by atoms with E-state index < -0.39 is 0 Å². The highest BCUT2D eigenvalue weighted by Crippen LogP contribution is 2.31. The molecule has 0 saturated heterocycles. The van der Waals surface area contributed by atoms with Gasteiger partial charge in [-0.1, -0.05) is 32.9 Å². The van der Waals surface area contributed by atoms with Crippen molar-refractivity contribution in [3.05, 3.63) is 29.3 Å². The quantitative estimate of drug-likeness (QED) is 0.812. The van der Waals surface area contributed by atoms with E-state index in [0.29, 0.717) is 6.42 Å². The number of ether oxygens (including phenoxy) is 1. The third-order valence-electron chi connectivity index (χ3n) is 2.81. The van der Waals surface area contributed by atoms with Gasteiger partial charge in [0.15, 0.2) is 0 Å². The van der Waals surface area contributed by atoms with Gasteiger partial charge < -0.3 is 10.1 Å². The fourth-order valence-corrected chi connectivity index (χ4v) is 1.83. The molecule has 0 heterocycles.